The summed E-state index contributed by atoms with van der Waals surface area (Å²) in [6.45, 7) is 6.09. The third-order valence-corrected chi connectivity index (χ3v) is 5.11. The van der Waals surface area contributed by atoms with E-state index in [0.29, 0.717) is 17.2 Å². The fraction of sp³-hybridized carbons (Fsp3) is 0.562. The van der Waals surface area contributed by atoms with Gasteiger partial charge in [-0.15, -0.1) is 11.3 Å². The number of fused-ring (bicyclic) bond motifs is 1. The Balaban J connectivity index is 1.75. The molecular weight excluding hydrogens is 298 g/mol. The summed E-state index contributed by atoms with van der Waals surface area (Å²) in [6.07, 6.45) is 3.70. The summed E-state index contributed by atoms with van der Waals surface area (Å²) in [6, 6.07) is 1.87. The predicted octanol–water partition coefficient (Wildman–Crippen LogP) is 2.35. The van der Waals surface area contributed by atoms with Crippen molar-refractivity contribution in [2.75, 3.05) is 13.1 Å². The largest absolute Gasteiger partial charge is 0.342 e. The van der Waals surface area contributed by atoms with Gasteiger partial charge in [0.25, 0.3) is 5.56 Å². The molecule has 2 aromatic rings. The summed E-state index contributed by atoms with van der Waals surface area (Å²) in [4.78, 5) is 30.9. The van der Waals surface area contributed by atoms with Gasteiger partial charge in [-0.25, -0.2) is 4.98 Å². The number of hydrogen-bond donors (Lipinski definition) is 0. The number of carbonyl (C=O) groups is 1. The second-order valence-electron chi connectivity index (χ2n) is 6.28. The number of piperidine rings is 1. The Labute approximate surface area is 133 Å². The molecule has 1 amide bonds. The Bertz CT molecular complexity index is 734. The molecular formula is C16H21N3O2S. The van der Waals surface area contributed by atoms with Gasteiger partial charge in [-0.05, 0) is 30.2 Å². The van der Waals surface area contributed by atoms with E-state index in [4.69, 9.17) is 0 Å². The summed E-state index contributed by atoms with van der Waals surface area (Å²) in [7, 11) is 0. The van der Waals surface area contributed by atoms with Gasteiger partial charge < -0.3 is 4.90 Å². The molecule has 1 aliphatic rings. The maximum atomic E-state index is 12.4. The van der Waals surface area contributed by atoms with Crippen molar-refractivity contribution in [3.63, 3.8) is 0 Å². The smallest absolute Gasteiger partial charge is 0.271 e. The molecule has 0 bridgehead atoms. The highest BCUT2D eigenvalue weighted by atomic mass is 32.1. The van der Waals surface area contributed by atoms with Crippen LogP contribution in [0, 0.1) is 11.8 Å². The van der Waals surface area contributed by atoms with Gasteiger partial charge in [0.15, 0.2) is 0 Å². The molecule has 0 spiro atoms. The van der Waals surface area contributed by atoms with Crippen LogP contribution in [-0.2, 0) is 11.3 Å². The number of amides is 1. The zero-order chi connectivity index (χ0) is 15.7. The first-order chi connectivity index (χ1) is 10.6. The minimum Gasteiger partial charge on any atom is -0.342 e. The van der Waals surface area contributed by atoms with Crippen LogP contribution >= 0.6 is 11.3 Å². The summed E-state index contributed by atoms with van der Waals surface area (Å²) in [5.74, 6) is 0.572. The first-order valence-corrected chi connectivity index (χ1v) is 8.65. The van der Waals surface area contributed by atoms with Crippen molar-refractivity contribution in [2.24, 2.45) is 11.8 Å². The van der Waals surface area contributed by atoms with Crippen molar-refractivity contribution in [3.05, 3.63) is 28.1 Å². The van der Waals surface area contributed by atoms with Gasteiger partial charge >= 0.3 is 0 Å². The number of carbonyl (C=O) groups excluding carboxylic acids is 1. The third-order valence-electron chi connectivity index (χ3n) is 4.22. The zero-order valence-electron chi connectivity index (χ0n) is 13.0. The zero-order valence-corrected chi connectivity index (χ0v) is 13.8. The number of hydrogen-bond acceptors (Lipinski definition) is 4. The van der Waals surface area contributed by atoms with Crippen LogP contribution in [0.2, 0.25) is 0 Å². The molecule has 5 nitrogen and oxygen atoms in total. The molecule has 1 atom stereocenters. The van der Waals surface area contributed by atoms with Gasteiger partial charge in [-0.3, -0.25) is 14.2 Å². The van der Waals surface area contributed by atoms with Gasteiger partial charge in [-0.2, -0.15) is 0 Å². The molecule has 0 aliphatic carbocycles. The van der Waals surface area contributed by atoms with E-state index in [-0.39, 0.29) is 17.4 Å². The van der Waals surface area contributed by atoms with Crippen molar-refractivity contribution in [2.45, 2.75) is 33.2 Å². The van der Waals surface area contributed by atoms with Crippen LogP contribution < -0.4 is 5.56 Å². The lowest BCUT2D eigenvalue weighted by molar-refractivity contribution is -0.136. The highest BCUT2D eigenvalue weighted by molar-refractivity contribution is 7.17. The Morgan fingerprint density at radius 3 is 3.09 bits per heavy atom. The van der Waals surface area contributed by atoms with Crippen LogP contribution in [-0.4, -0.2) is 33.4 Å². The normalized spacial score (nSPS) is 19.0. The minimum atomic E-state index is 0.0330. The average molecular weight is 319 g/mol. The monoisotopic (exact) mass is 319 g/mol. The number of thiophene rings is 1. The van der Waals surface area contributed by atoms with Crippen LogP contribution in [0.3, 0.4) is 0 Å². The topological polar surface area (TPSA) is 55.2 Å². The first kappa shape index (κ1) is 15.2. The molecule has 0 radical (unpaired) electrons. The second-order valence-corrected chi connectivity index (χ2v) is 7.20. The van der Waals surface area contributed by atoms with Crippen molar-refractivity contribution >= 4 is 27.5 Å². The molecule has 118 valence electrons. The molecule has 1 aliphatic heterocycles. The molecule has 6 heteroatoms. The Hall–Kier alpha value is -1.69. The van der Waals surface area contributed by atoms with E-state index < -0.39 is 0 Å². The second kappa shape index (κ2) is 6.20. The number of likely N-dealkylation sites (tertiary alicyclic amines) is 1. The van der Waals surface area contributed by atoms with E-state index >= 15 is 0 Å². The minimum absolute atomic E-state index is 0.0330. The number of nitrogens with zero attached hydrogens (tertiary/aromatic N) is 3. The predicted molar refractivity (Wildman–Crippen MR) is 88.0 cm³/mol. The third kappa shape index (κ3) is 2.92. The maximum Gasteiger partial charge on any atom is 0.271 e. The van der Waals surface area contributed by atoms with Crippen LogP contribution in [0.15, 0.2) is 22.6 Å². The molecule has 0 aromatic carbocycles. The molecule has 2 aromatic heterocycles. The van der Waals surface area contributed by atoms with Gasteiger partial charge in [-0.1, -0.05) is 13.8 Å². The fourth-order valence-electron chi connectivity index (χ4n) is 3.07. The first-order valence-electron chi connectivity index (χ1n) is 7.77. The van der Waals surface area contributed by atoms with E-state index in [1.54, 1.807) is 10.9 Å². The van der Waals surface area contributed by atoms with Crippen LogP contribution in [0.1, 0.15) is 26.7 Å². The lowest BCUT2D eigenvalue weighted by Gasteiger charge is -2.34. The van der Waals surface area contributed by atoms with Crippen LogP contribution in [0.5, 0.6) is 0 Å². The molecule has 3 rings (SSSR count). The number of rotatable bonds is 3. The standard InChI is InChI=1S/C16H21N3O2S/c1-11(2)15(20)18-6-3-4-12(8-18)9-19-10-17-13-5-7-22-14(13)16(19)21/h5,7,10-12H,3-4,6,8-9H2,1-2H3. The van der Waals surface area contributed by atoms with Gasteiger partial charge in [0.05, 0.1) is 11.8 Å². The SMILES string of the molecule is CC(C)C(=O)N1CCCC(Cn2cnc3ccsc3c2=O)C1. The van der Waals surface area contributed by atoms with Crippen molar-refractivity contribution in [1.29, 1.82) is 0 Å². The lowest BCUT2D eigenvalue weighted by atomic mass is 9.97. The van der Waals surface area contributed by atoms with Crippen LogP contribution in [0.25, 0.3) is 10.2 Å². The number of aromatic nitrogens is 2. The quantitative estimate of drug-likeness (QED) is 0.872. The fourth-order valence-corrected chi connectivity index (χ4v) is 3.86. The summed E-state index contributed by atoms with van der Waals surface area (Å²) < 4.78 is 2.42. The molecule has 1 saturated heterocycles. The lowest BCUT2D eigenvalue weighted by Crippen LogP contribution is -2.43. The van der Waals surface area contributed by atoms with Gasteiger partial charge in [0.1, 0.15) is 4.70 Å². The van der Waals surface area contributed by atoms with E-state index in [1.807, 2.05) is 30.2 Å². The van der Waals surface area contributed by atoms with Crippen molar-refractivity contribution < 1.29 is 4.79 Å². The molecule has 3 heterocycles. The molecule has 0 N–H and O–H groups in total. The van der Waals surface area contributed by atoms with E-state index in [2.05, 4.69) is 4.98 Å². The highest BCUT2D eigenvalue weighted by Crippen LogP contribution is 2.20. The van der Waals surface area contributed by atoms with E-state index in [1.165, 1.54) is 11.3 Å². The average Bonchev–Trinajstić information content (AvgIpc) is 2.99. The van der Waals surface area contributed by atoms with Crippen LogP contribution in [0.4, 0.5) is 0 Å². The van der Waals surface area contributed by atoms with Crippen molar-refractivity contribution in [1.82, 2.24) is 14.5 Å². The van der Waals surface area contributed by atoms with Gasteiger partial charge in [0.2, 0.25) is 5.91 Å². The maximum absolute atomic E-state index is 12.4. The highest BCUT2D eigenvalue weighted by Gasteiger charge is 2.25. The van der Waals surface area contributed by atoms with Crippen molar-refractivity contribution in [3.8, 4) is 0 Å². The van der Waals surface area contributed by atoms with Gasteiger partial charge in [0, 0.05) is 25.6 Å². The molecule has 1 fully saturated rings. The molecule has 1 unspecified atom stereocenters. The Morgan fingerprint density at radius 2 is 2.32 bits per heavy atom. The summed E-state index contributed by atoms with van der Waals surface area (Å²) >= 11 is 1.44. The Kier molecular flexibility index (Phi) is 4.29. The molecule has 0 saturated carbocycles. The molecule has 22 heavy (non-hydrogen) atoms. The van der Waals surface area contributed by atoms with E-state index in [9.17, 15) is 9.59 Å². The Morgan fingerprint density at radius 1 is 1.50 bits per heavy atom. The van der Waals surface area contributed by atoms with E-state index in [0.717, 1.165) is 31.4 Å². The summed E-state index contributed by atoms with van der Waals surface area (Å²) in [5, 5.41) is 1.90. The summed E-state index contributed by atoms with van der Waals surface area (Å²) in [5.41, 5.74) is 0.804.